The van der Waals surface area contributed by atoms with E-state index in [1.54, 1.807) is 11.0 Å². The normalized spacial score (nSPS) is 19.2. The lowest BCUT2D eigenvalue weighted by atomic mass is 9.74. The Labute approximate surface area is 250 Å². The summed E-state index contributed by atoms with van der Waals surface area (Å²) in [5, 5.41) is 3.80. The number of ether oxygens (including phenoxy) is 1. The molecule has 11 heteroatoms. The van der Waals surface area contributed by atoms with Crippen molar-refractivity contribution in [3.05, 3.63) is 103 Å². The maximum absolute atomic E-state index is 11.9. The van der Waals surface area contributed by atoms with Gasteiger partial charge in [0.25, 0.3) is 20.2 Å². The van der Waals surface area contributed by atoms with E-state index in [-0.39, 0.29) is 13.1 Å². The minimum absolute atomic E-state index is 0.0308. The van der Waals surface area contributed by atoms with Crippen LogP contribution in [0.4, 0.5) is 11.4 Å². The summed E-state index contributed by atoms with van der Waals surface area (Å²) in [6, 6.07) is 23.3. The number of benzene rings is 4. The van der Waals surface area contributed by atoms with E-state index < -0.39 is 37.2 Å². The van der Waals surface area contributed by atoms with Crippen LogP contribution in [0.25, 0.3) is 21.5 Å². The van der Waals surface area contributed by atoms with E-state index in [9.17, 15) is 25.9 Å². The molecule has 4 aromatic rings. The molecule has 9 nitrogen and oxygen atoms in total. The molecule has 0 aliphatic carbocycles. The van der Waals surface area contributed by atoms with Crippen LogP contribution < -0.4 is 9.64 Å². The minimum Gasteiger partial charge on any atom is -0.438 e. The fourth-order valence-corrected chi connectivity index (χ4v) is 7.12. The number of allylic oxidation sites excluding steroid dienone is 2. The van der Waals surface area contributed by atoms with E-state index in [1.807, 2.05) is 83.4 Å². The molecule has 43 heavy (non-hydrogen) atoms. The van der Waals surface area contributed by atoms with Crippen molar-refractivity contribution in [1.29, 1.82) is 0 Å². The Bertz CT molecular complexity index is 2090. The van der Waals surface area contributed by atoms with Gasteiger partial charge < -0.3 is 9.64 Å². The number of rotatable bonds is 9. The van der Waals surface area contributed by atoms with Gasteiger partial charge in [-0.15, -0.1) is 6.58 Å². The van der Waals surface area contributed by atoms with Gasteiger partial charge in [0.05, 0.1) is 22.9 Å². The highest BCUT2D eigenvalue weighted by Crippen LogP contribution is 2.48. The smallest absolute Gasteiger partial charge is 0.271 e. The van der Waals surface area contributed by atoms with E-state index in [2.05, 4.69) is 13.5 Å². The van der Waals surface area contributed by atoms with Crippen molar-refractivity contribution in [2.45, 2.75) is 18.8 Å². The molecule has 0 amide bonds. The molecule has 1 atom stereocenters. The third-order valence-electron chi connectivity index (χ3n) is 8.19. The van der Waals surface area contributed by atoms with Crippen LogP contribution in [-0.2, 0) is 25.7 Å². The summed E-state index contributed by atoms with van der Waals surface area (Å²) in [5.74, 6) is -0.157. The second-order valence-electron chi connectivity index (χ2n) is 11.0. The average molecular weight is 620 g/mol. The first-order valence-corrected chi connectivity index (χ1v) is 17.0. The lowest BCUT2D eigenvalue weighted by Gasteiger charge is -2.23. The second kappa shape index (κ2) is 10.6. The molecule has 2 heterocycles. The van der Waals surface area contributed by atoms with Crippen molar-refractivity contribution in [3.63, 3.8) is 0 Å². The first kappa shape index (κ1) is 29.1. The lowest BCUT2D eigenvalue weighted by molar-refractivity contribution is -0.432. The van der Waals surface area contributed by atoms with Gasteiger partial charge in [0.1, 0.15) is 5.75 Å². The van der Waals surface area contributed by atoms with Crippen molar-refractivity contribution in [2.75, 3.05) is 29.5 Å². The first-order chi connectivity index (χ1) is 20.4. The molecule has 0 spiro atoms. The second-order valence-corrected chi connectivity index (χ2v) is 14.1. The third kappa shape index (κ3) is 5.33. The summed E-state index contributed by atoms with van der Waals surface area (Å²) < 4.78 is 75.2. The number of hydrogen-bond donors (Lipinski definition) is 2. The van der Waals surface area contributed by atoms with Gasteiger partial charge in [0.15, 0.2) is 18.0 Å². The minimum atomic E-state index is -4.29. The summed E-state index contributed by atoms with van der Waals surface area (Å²) >= 11 is 0. The predicted molar refractivity (Wildman–Crippen MR) is 169 cm³/mol. The number of nitrogens with zero attached hydrogens (tertiary/aromatic N) is 2. The van der Waals surface area contributed by atoms with Gasteiger partial charge >= 0.3 is 0 Å². The fourth-order valence-electron chi connectivity index (χ4n) is 6.29. The van der Waals surface area contributed by atoms with Crippen LogP contribution in [0.15, 0.2) is 97.4 Å². The molecule has 2 N–H and O–H groups in total. The Morgan fingerprint density at radius 1 is 0.884 bits per heavy atom. The van der Waals surface area contributed by atoms with Crippen molar-refractivity contribution in [1.82, 2.24) is 0 Å². The fraction of sp³-hybridized carbons (Fsp3) is 0.219. The van der Waals surface area contributed by atoms with Gasteiger partial charge in [-0.05, 0) is 41.6 Å². The molecule has 2 aliphatic heterocycles. The maximum atomic E-state index is 11.9. The van der Waals surface area contributed by atoms with Crippen LogP contribution in [0, 0.1) is 0 Å². The van der Waals surface area contributed by atoms with E-state index in [1.165, 1.54) is 0 Å². The van der Waals surface area contributed by atoms with E-state index in [4.69, 9.17) is 4.74 Å². The summed E-state index contributed by atoms with van der Waals surface area (Å²) in [4.78, 5) is 1.71. The average Bonchev–Trinajstić information content (AvgIpc) is 3.42. The van der Waals surface area contributed by atoms with Crippen LogP contribution in [0.2, 0.25) is 0 Å². The highest BCUT2D eigenvalue weighted by atomic mass is 32.2. The van der Waals surface area contributed by atoms with E-state index in [0.29, 0.717) is 29.5 Å². The summed E-state index contributed by atoms with van der Waals surface area (Å²) in [5.41, 5.74) is 2.43. The van der Waals surface area contributed by atoms with Gasteiger partial charge in [-0.1, -0.05) is 60.7 Å². The van der Waals surface area contributed by atoms with Crippen LogP contribution in [0.3, 0.4) is 0 Å². The molecule has 1 unspecified atom stereocenters. The zero-order chi connectivity index (χ0) is 30.6. The maximum Gasteiger partial charge on any atom is 0.271 e. The molecule has 0 saturated heterocycles. The zero-order valence-electron chi connectivity index (χ0n) is 23.5. The molecule has 0 radical (unpaired) electrons. The summed E-state index contributed by atoms with van der Waals surface area (Å²) in [7, 11) is -8.58. The van der Waals surface area contributed by atoms with Gasteiger partial charge in [-0.25, -0.2) is 0 Å². The van der Waals surface area contributed by atoms with Crippen LogP contribution in [0.1, 0.15) is 18.9 Å². The standard InChI is InChI=1S/C32H30N2O7S2/c1-3-16-32(2)28(33(17-19-42(35,36)37)26-14-12-22-8-4-6-10-24(22)30(26)32)21-29-34(18-20-43(38,39)40)27-15-13-23-9-5-7-11-25(23)31(27)41-29/h3-15,21H,1,16-20H2,2H3,(H-,35,36,37,38,39,40)/p+1. The quantitative estimate of drug-likeness (QED) is 0.144. The van der Waals surface area contributed by atoms with Gasteiger partial charge in [-0.2, -0.15) is 21.4 Å². The number of anilines is 1. The van der Waals surface area contributed by atoms with Gasteiger partial charge in [0.2, 0.25) is 11.6 Å². The third-order valence-corrected chi connectivity index (χ3v) is 9.58. The molecule has 0 bridgehead atoms. The van der Waals surface area contributed by atoms with Crippen molar-refractivity contribution in [2.24, 2.45) is 0 Å². The summed E-state index contributed by atoms with van der Waals surface area (Å²) in [6.45, 7) is 5.96. The Hall–Kier alpha value is -4.03. The van der Waals surface area contributed by atoms with Crippen LogP contribution in [-0.4, -0.2) is 60.8 Å². The first-order valence-electron chi connectivity index (χ1n) is 13.8. The van der Waals surface area contributed by atoms with Crippen molar-refractivity contribution >= 4 is 58.9 Å². The Morgan fingerprint density at radius 3 is 2.19 bits per heavy atom. The number of hydrogen-bond acceptors (Lipinski definition) is 6. The van der Waals surface area contributed by atoms with E-state index in [0.717, 1.165) is 32.8 Å². The van der Waals surface area contributed by atoms with Crippen molar-refractivity contribution < 1.29 is 35.3 Å². The van der Waals surface area contributed by atoms with E-state index >= 15 is 0 Å². The highest BCUT2D eigenvalue weighted by Gasteiger charge is 2.49. The molecular weight excluding hydrogens is 588 g/mol. The Morgan fingerprint density at radius 2 is 1.51 bits per heavy atom. The molecule has 0 fully saturated rings. The molecule has 0 aromatic heterocycles. The largest absolute Gasteiger partial charge is 0.438 e. The topological polar surface area (TPSA) is 124 Å². The Balaban J connectivity index is 1.59. The summed E-state index contributed by atoms with van der Waals surface area (Å²) in [6.07, 6.45) is 4.11. The lowest BCUT2D eigenvalue weighted by Crippen LogP contribution is -2.34. The SMILES string of the molecule is C=CCC1(C)C(/C=C2\Oc3c(ccc4ccccc34)N2CCS(=O)(=O)O)=[N+](CCS(=O)(=O)O)c2ccc3ccccc3c21. The molecule has 222 valence electrons. The van der Waals surface area contributed by atoms with Gasteiger partial charge in [-0.3, -0.25) is 9.11 Å². The zero-order valence-corrected chi connectivity index (χ0v) is 25.1. The van der Waals surface area contributed by atoms with Crippen LogP contribution in [0.5, 0.6) is 5.75 Å². The molecule has 4 aromatic carbocycles. The molecule has 6 rings (SSSR count). The highest BCUT2D eigenvalue weighted by molar-refractivity contribution is 7.86. The molecule has 2 aliphatic rings. The Kier molecular flexibility index (Phi) is 7.16. The predicted octanol–water partition coefficient (Wildman–Crippen LogP) is 5.44. The number of fused-ring (bicyclic) bond motifs is 6. The molecular formula is C32H31N2O7S2+. The molecule has 0 saturated carbocycles. The van der Waals surface area contributed by atoms with Gasteiger partial charge in [0, 0.05) is 23.6 Å². The monoisotopic (exact) mass is 619 g/mol. The van der Waals surface area contributed by atoms with Crippen LogP contribution >= 0.6 is 0 Å². The van der Waals surface area contributed by atoms with Crippen molar-refractivity contribution in [3.8, 4) is 5.75 Å².